The lowest BCUT2D eigenvalue weighted by Gasteiger charge is -2.16. The number of nitrogens with zero attached hydrogens (tertiary/aromatic N) is 2. The fourth-order valence-electron chi connectivity index (χ4n) is 2.44. The van der Waals surface area contributed by atoms with E-state index in [4.69, 9.17) is 0 Å². The summed E-state index contributed by atoms with van der Waals surface area (Å²) in [7, 11) is 0. The van der Waals surface area contributed by atoms with Gasteiger partial charge in [0.1, 0.15) is 0 Å². The highest BCUT2D eigenvalue weighted by Gasteiger charge is 2.18. The number of imidazole rings is 1. The molecule has 1 unspecified atom stereocenters. The van der Waals surface area contributed by atoms with Crippen LogP contribution in [-0.2, 0) is 11.3 Å². The highest BCUT2D eigenvalue weighted by molar-refractivity contribution is 5.83. The molecule has 0 fully saturated rings. The minimum Gasteiger partial charge on any atom is -0.356 e. The quantitative estimate of drug-likeness (QED) is 0.758. The first kappa shape index (κ1) is 15.3. The Morgan fingerprint density at radius 1 is 1.33 bits per heavy atom. The molecule has 0 saturated carbocycles. The van der Waals surface area contributed by atoms with E-state index in [-0.39, 0.29) is 11.8 Å². The maximum atomic E-state index is 12.4. The third-order valence-electron chi connectivity index (χ3n) is 3.55. The second-order valence-electron chi connectivity index (χ2n) is 5.20. The molecule has 1 heterocycles. The lowest BCUT2D eigenvalue weighted by molar-refractivity contribution is -0.122. The first-order valence-corrected chi connectivity index (χ1v) is 7.59. The smallest absolute Gasteiger partial charge is 0.227 e. The van der Waals surface area contributed by atoms with Gasteiger partial charge in [0, 0.05) is 25.5 Å². The van der Waals surface area contributed by atoms with Gasteiger partial charge in [-0.1, -0.05) is 43.7 Å². The Kier molecular flexibility index (Phi) is 6.00. The van der Waals surface area contributed by atoms with Gasteiger partial charge in [0.2, 0.25) is 5.91 Å². The zero-order valence-corrected chi connectivity index (χ0v) is 12.5. The van der Waals surface area contributed by atoms with Gasteiger partial charge in [-0.25, -0.2) is 4.98 Å². The van der Waals surface area contributed by atoms with Crippen LogP contribution in [0.2, 0.25) is 0 Å². The number of hydrogen-bond donors (Lipinski definition) is 1. The van der Waals surface area contributed by atoms with Gasteiger partial charge in [0.15, 0.2) is 0 Å². The molecular formula is C17H23N3O. The van der Waals surface area contributed by atoms with Crippen molar-refractivity contribution in [2.75, 3.05) is 6.54 Å². The molecule has 0 spiro atoms. The molecule has 0 radical (unpaired) electrons. The zero-order valence-electron chi connectivity index (χ0n) is 12.5. The number of carbonyl (C=O) groups is 1. The first-order chi connectivity index (χ1) is 10.3. The Bertz CT molecular complexity index is 522. The minimum atomic E-state index is -0.0376. The maximum Gasteiger partial charge on any atom is 0.227 e. The summed E-state index contributed by atoms with van der Waals surface area (Å²) in [6.07, 6.45) is 8.30. The zero-order chi connectivity index (χ0) is 14.9. The number of carbonyl (C=O) groups excluding carboxylic acids is 1. The van der Waals surface area contributed by atoms with Crippen molar-refractivity contribution in [2.24, 2.45) is 0 Å². The molecule has 0 saturated heterocycles. The lowest BCUT2D eigenvalue weighted by atomic mass is 9.93. The van der Waals surface area contributed by atoms with E-state index in [1.165, 1.54) is 0 Å². The molecule has 1 aromatic heterocycles. The standard InChI is InChI=1S/C17H23N3O/c1-2-7-16(15-8-4-3-5-9-15)17(21)19-10-6-12-20-13-11-18-14-20/h3-5,8-9,11,13-14,16H,2,6-7,10,12H2,1H3,(H,19,21). The molecular weight excluding hydrogens is 262 g/mol. The molecule has 21 heavy (non-hydrogen) atoms. The van der Waals surface area contributed by atoms with E-state index in [0.717, 1.165) is 31.4 Å². The van der Waals surface area contributed by atoms with Gasteiger partial charge in [0.25, 0.3) is 0 Å². The van der Waals surface area contributed by atoms with Crippen LogP contribution in [0.1, 0.15) is 37.7 Å². The van der Waals surface area contributed by atoms with Crippen LogP contribution in [0.4, 0.5) is 0 Å². The number of amides is 1. The Morgan fingerprint density at radius 3 is 2.81 bits per heavy atom. The Labute approximate surface area is 126 Å². The number of nitrogens with one attached hydrogen (secondary N) is 1. The van der Waals surface area contributed by atoms with Crippen molar-refractivity contribution in [2.45, 2.75) is 38.6 Å². The fourth-order valence-corrected chi connectivity index (χ4v) is 2.44. The van der Waals surface area contributed by atoms with Crippen LogP contribution >= 0.6 is 0 Å². The van der Waals surface area contributed by atoms with Crippen molar-refractivity contribution in [1.82, 2.24) is 14.9 Å². The number of hydrogen-bond acceptors (Lipinski definition) is 2. The van der Waals surface area contributed by atoms with Crippen molar-refractivity contribution < 1.29 is 4.79 Å². The summed E-state index contributed by atoms with van der Waals surface area (Å²) in [5.41, 5.74) is 1.10. The summed E-state index contributed by atoms with van der Waals surface area (Å²) < 4.78 is 2.02. The Balaban J connectivity index is 1.81. The minimum absolute atomic E-state index is 0.0376. The van der Waals surface area contributed by atoms with Gasteiger partial charge in [-0.3, -0.25) is 4.79 Å². The van der Waals surface area contributed by atoms with Crippen molar-refractivity contribution >= 4 is 5.91 Å². The average Bonchev–Trinajstić information content (AvgIpc) is 3.03. The van der Waals surface area contributed by atoms with E-state index >= 15 is 0 Å². The van der Waals surface area contributed by atoms with Gasteiger partial charge in [-0.15, -0.1) is 0 Å². The molecule has 2 rings (SSSR count). The summed E-state index contributed by atoms with van der Waals surface area (Å²) in [6, 6.07) is 10.0. The van der Waals surface area contributed by atoms with Crippen LogP contribution in [0.15, 0.2) is 49.1 Å². The summed E-state index contributed by atoms with van der Waals surface area (Å²) in [6.45, 7) is 3.69. The lowest BCUT2D eigenvalue weighted by Crippen LogP contribution is -2.30. The highest BCUT2D eigenvalue weighted by Crippen LogP contribution is 2.21. The van der Waals surface area contributed by atoms with Gasteiger partial charge in [0.05, 0.1) is 12.2 Å². The molecule has 0 bridgehead atoms. The van der Waals surface area contributed by atoms with E-state index in [2.05, 4.69) is 17.2 Å². The Hall–Kier alpha value is -2.10. The highest BCUT2D eigenvalue weighted by atomic mass is 16.1. The summed E-state index contributed by atoms with van der Waals surface area (Å²) in [5.74, 6) is 0.0955. The number of aryl methyl sites for hydroxylation is 1. The van der Waals surface area contributed by atoms with Crippen LogP contribution in [0, 0.1) is 0 Å². The van der Waals surface area contributed by atoms with Gasteiger partial charge < -0.3 is 9.88 Å². The van der Waals surface area contributed by atoms with Crippen LogP contribution in [0.3, 0.4) is 0 Å². The molecule has 1 N–H and O–H groups in total. The third-order valence-corrected chi connectivity index (χ3v) is 3.55. The van der Waals surface area contributed by atoms with E-state index in [0.29, 0.717) is 6.54 Å². The number of aromatic nitrogens is 2. The maximum absolute atomic E-state index is 12.4. The van der Waals surface area contributed by atoms with Gasteiger partial charge in [-0.2, -0.15) is 0 Å². The second-order valence-corrected chi connectivity index (χ2v) is 5.20. The molecule has 4 nitrogen and oxygen atoms in total. The summed E-state index contributed by atoms with van der Waals surface area (Å²) in [4.78, 5) is 16.4. The monoisotopic (exact) mass is 285 g/mol. The molecule has 0 aliphatic carbocycles. The molecule has 0 aliphatic heterocycles. The first-order valence-electron chi connectivity index (χ1n) is 7.59. The predicted molar refractivity (Wildman–Crippen MR) is 83.9 cm³/mol. The summed E-state index contributed by atoms with van der Waals surface area (Å²) in [5, 5.41) is 3.06. The molecule has 1 atom stereocenters. The molecule has 1 amide bonds. The van der Waals surface area contributed by atoms with Crippen molar-refractivity contribution in [3.63, 3.8) is 0 Å². The van der Waals surface area contributed by atoms with E-state index in [9.17, 15) is 4.79 Å². The fraction of sp³-hybridized carbons (Fsp3) is 0.412. The van der Waals surface area contributed by atoms with E-state index in [1.807, 2.05) is 41.1 Å². The largest absolute Gasteiger partial charge is 0.356 e. The van der Waals surface area contributed by atoms with Crippen LogP contribution in [0.25, 0.3) is 0 Å². The molecule has 4 heteroatoms. The van der Waals surface area contributed by atoms with Crippen molar-refractivity contribution in [3.8, 4) is 0 Å². The summed E-state index contributed by atoms with van der Waals surface area (Å²) >= 11 is 0. The van der Waals surface area contributed by atoms with Crippen molar-refractivity contribution in [3.05, 3.63) is 54.6 Å². The van der Waals surface area contributed by atoms with Gasteiger partial charge >= 0.3 is 0 Å². The number of rotatable bonds is 8. The van der Waals surface area contributed by atoms with Crippen LogP contribution in [0.5, 0.6) is 0 Å². The van der Waals surface area contributed by atoms with Crippen molar-refractivity contribution in [1.29, 1.82) is 0 Å². The Morgan fingerprint density at radius 2 is 2.14 bits per heavy atom. The molecule has 0 aliphatic rings. The number of benzene rings is 1. The van der Waals surface area contributed by atoms with Crippen LogP contribution < -0.4 is 5.32 Å². The second kappa shape index (κ2) is 8.25. The molecule has 112 valence electrons. The topological polar surface area (TPSA) is 46.9 Å². The third kappa shape index (κ3) is 4.74. The average molecular weight is 285 g/mol. The SMILES string of the molecule is CCCC(C(=O)NCCCn1ccnc1)c1ccccc1. The molecule has 1 aromatic carbocycles. The predicted octanol–water partition coefficient (Wildman–Crippen LogP) is 2.97. The van der Waals surface area contributed by atoms with Crippen LogP contribution in [-0.4, -0.2) is 22.0 Å². The van der Waals surface area contributed by atoms with E-state index < -0.39 is 0 Å². The van der Waals surface area contributed by atoms with E-state index in [1.54, 1.807) is 12.5 Å². The van der Waals surface area contributed by atoms with Gasteiger partial charge in [-0.05, 0) is 18.4 Å². The molecule has 2 aromatic rings. The normalized spacial score (nSPS) is 12.0.